The van der Waals surface area contributed by atoms with Gasteiger partial charge in [-0.2, -0.15) is 0 Å². The molecule has 0 aliphatic rings. The van der Waals surface area contributed by atoms with Crippen LogP contribution in [0.2, 0.25) is 0 Å². The molecule has 0 heterocycles. The number of carbonyl (C=O) groups excluding carboxylic acids is 1. The third-order valence-corrected chi connectivity index (χ3v) is 4.76. The van der Waals surface area contributed by atoms with Gasteiger partial charge in [0.1, 0.15) is 0 Å². The quantitative estimate of drug-likeness (QED) is 0.272. The minimum Gasteiger partial charge on any atom is -0.343 e. The second-order valence-corrected chi connectivity index (χ2v) is 7.10. The fraction of sp³-hybridized carbons (Fsp3) is 0.952. The summed E-state index contributed by atoms with van der Waals surface area (Å²) in [5.41, 5.74) is 0. The van der Waals surface area contributed by atoms with E-state index in [1.54, 1.807) is 6.92 Å². The first-order chi connectivity index (χ1) is 11.2. The van der Waals surface area contributed by atoms with Crippen LogP contribution in [-0.2, 0) is 4.79 Å². The zero-order valence-electron chi connectivity index (χ0n) is 16.4. The standard InChI is InChI=1S/C21H43NO/c1-4-6-8-10-12-14-16-18-20-22(21(3)23)19-17-15-13-11-9-7-5-2/h4-20H2,1-3H3. The van der Waals surface area contributed by atoms with E-state index < -0.39 is 0 Å². The van der Waals surface area contributed by atoms with Crippen LogP contribution in [-0.4, -0.2) is 23.9 Å². The normalized spacial score (nSPS) is 10.9. The molecule has 0 aliphatic heterocycles. The molecule has 0 bridgehead atoms. The Labute approximate surface area is 146 Å². The second-order valence-electron chi connectivity index (χ2n) is 7.10. The lowest BCUT2D eigenvalue weighted by atomic mass is 10.1. The van der Waals surface area contributed by atoms with Gasteiger partial charge in [0.2, 0.25) is 5.91 Å². The third kappa shape index (κ3) is 16.1. The van der Waals surface area contributed by atoms with Gasteiger partial charge in [0.15, 0.2) is 0 Å². The molecular formula is C21H43NO. The van der Waals surface area contributed by atoms with Crippen LogP contribution in [0.3, 0.4) is 0 Å². The Hall–Kier alpha value is -0.530. The Morgan fingerprint density at radius 1 is 0.565 bits per heavy atom. The van der Waals surface area contributed by atoms with E-state index in [1.807, 2.05) is 0 Å². The molecule has 0 unspecified atom stereocenters. The molecule has 0 N–H and O–H groups in total. The maximum atomic E-state index is 11.7. The van der Waals surface area contributed by atoms with Gasteiger partial charge in [-0.1, -0.05) is 97.3 Å². The molecule has 2 heteroatoms. The predicted molar refractivity (Wildman–Crippen MR) is 103 cm³/mol. The molecule has 0 rings (SSSR count). The first-order valence-electron chi connectivity index (χ1n) is 10.5. The summed E-state index contributed by atoms with van der Waals surface area (Å²) in [6, 6.07) is 0. The largest absolute Gasteiger partial charge is 0.343 e. The minimum absolute atomic E-state index is 0.263. The van der Waals surface area contributed by atoms with Gasteiger partial charge < -0.3 is 4.90 Å². The molecule has 23 heavy (non-hydrogen) atoms. The van der Waals surface area contributed by atoms with Crippen molar-refractivity contribution < 1.29 is 4.79 Å². The van der Waals surface area contributed by atoms with Crippen molar-refractivity contribution >= 4 is 5.91 Å². The molecule has 0 spiro atoms. The predicted octanol–water partition coefficient (Wildman–Crippen LogP) is 6.73. The van der Waals surface area contributed by atoms with Crippen LogP contribution in [0.4, 0.5) is 0 Å². The molecule has 1 amide bonds. The maximum absolute atomic E-state index is 11.7. The summed E-state index contributed by atoms with van der Waals surface area (Å²) in [5.74, 6) is 0.263. The Morgan fingerprint density at radius 2 is 0.870 bits per heavy atom. The molecule has 0 radical (unpaired) electrons. The highest BCUT2D eigenvalue weighted by molar-refractivity contribution is 5.73. The lowest BCUT2D eigenvalue weighted by Crippen LogP contribution is -2.30. The van der Waals surface area contributed by atoms with E-state index in [1.165, 1.54) is 96.3 Å². The van der Waals surface area contributed by atoms with Crippen LogP contribution in [0.15, 0.2) is 0 Å². The molecule has 0 fully saturated rings. The Balaban J connectivity index is 3.50. The van der Waals surface area contributed by atoms with Crippen molar-refractivity contribution in [2.45, 2.75) is 117 Å². The first-order valence-corrected chi connectivity index (χ1v) is 10.5. The molecule has 0 saturated carbocycles. The van der Waals surface area contributed by atoms with E-state index in [0.717, 1.165) is 13.1 Å². The van der Waals surface area contributed by atoms with Gasteiger partial charge in [-0.05, 0) is 12.8 Å². The molecule has 0 aromatic rings. The van der Waals surface area contributed by atoms with Crippen LogP contribution < -0.4 is 0 Å². The fourth-order valence-electron chi connectivity index (χ4n) is 3.12. The summed E-state index contributed by atoms with van der Waals surface area (Å²) in [7, 11) is 0. The van der Waals surface area contributed by atoms with E-state index in [2.05, 4.69) is 18.7 Å². The summed E-state index contributed by atoms with van der Waals surface area (Å²) in [6.07, 6.45) is 19.9. The molecule has 0 atom stereocenters. The highest BCUT2D eigenvalue weighted by atomic mass is 16.2. The molecule has 0 saturated heterocycles. The zero-order chi connectivity index (χ0) is 17.2. The fourth-order valence-corrected chi connectivity index (χ4v) is 3.12. The molecule has 138 valence electrons. The number of hydrogen-bond acceptors (Lipinski definition) is 1. The molecule has 0 aromatic carbocycles. The van der Waals surface area contributed by atoms with Gasteiger partial charge in [0.05, 0.1) is 0 Å². The van der Waals surface area contributed by atoms with Gasteiger partial charge in [-0.15, -0.1) is 0 Å². The molecule has 0 aromatic heterocycles. The van der Waals surface area contributed by atoms with Crippen molar-refractivity contribution in [3.8, 4) is 0 Å². The van der Waals surface area contributed by atoms with Gasteiger partial charge in [0.25, 0.3) is 0 Å². The van der Waals surface area contributed by atoms with E-state index in [-0.39, 0.29) is 5.91 Å². The summed E-state index contributed by atoms with van der Waals surface area (Å²) in [4.78, 5) is 13.8. The van der Waals surface area contributed by atoms with Gasteiger partial charge in [-0.3, -0.25) is 4.79 Å². The van der Waals surface area contributed by atoms with Crippen molar-refractivity contribution in [1.29, 1.82) is 0 Å². The smallest absolute Gasteiger partial charge is 0.219 e. The molecular weight excluding hydrogens is 282 g/mol. The van der Waals surface area contributed by atoms with Gasteiger partial charge >= 0.3 is 0 Å². The zero-order valence-corrected chi connectivity index (χ0v) is 16.4. The van der Waals surface area contributed by atoms with Crippen molar-refractivity contribution in [3.63, 3.8) is 0 Å². The van der Waals surface area contributed by atoms with Crippen LogP contribution in [0.1, 0.15) is 117 Å². The van der Waals surface area contributed by atoms with Gasteiger partial charge in [-0.25, -0.2) is 0 Å². The van der Waals surface area contributed by atoms with Crippen LogP contribution in [0.25, 0.3) is 0 Å². The highest BCUT2D eigenvalue weighted by Gasteiger charge is 2.07. The SMILES string of the molecule is CCCCCCCCCCN(CCCCCCCCC)C(C)=O. The summed E-state index contributed by atoms with van der Waals surface area (Å²) in [6.45, 7) is 8.20. The Bertz CT molecular complexity index is 252. The van der Waals surface area contributed by atoms with E-state index >= 15 is 0 Å². The van der Waals surface area contributed by atoms with E-state index in [0.29, 0.717) is 0 Å². The molecule has 0 aliphatic carbocycles. The van der Waals surface area contributed by atoms with E-state index in [4.69, 9.17) is 0 Å². The van der Waals surface area contributed by atoms with Crippen molar-refractivity contribution in [2.24, 2.45) is 0 Å². The Kier molecular flexibility index (Phi) is 17.4. The second kappa shape index (κ2) is 17.8. The van der Waals surface area contributed by atoms with Crippen LogP contribution in [0.5, 0.6) is 0 Å². The van der Waals surface area contributed by atoms with Crippen molar-refractivity contribution in [3.05, 3.63) is 0 Å². The molecule has 2 nitrogen and oxygen atoms in total. The van der Waals surface area contributed by atoms with Gasteiger partial charge in [0, 0.05) is 20.0 Å². The monoisotopic (exact) mass is 325 g/mol. The topological polar surface area (TPSA) is 20.3 Å². The number of amides is 1. The lowest BCUT2D eigenvalue weighted by Gasteiger charge is -2.21. The summed E-state index contributed by atoms with van der Waals surface area (Å²) < 4.78 is 0. The van der Waals surface area contributed by atoms with Crippen LogP contribution in [0, 0.1) is 0 Å². The number of carbonyl (C=O) groups is 1. The number of unbranched alkanes of at least 4 members (excludes halogenated alkanes) is 13. The third-order valence-electron chi connectivity index (χ3n) is 4.76. The number of hydrogen-bond donors (Lipinski definition) is 0. The maximum Gasteiger partial charge on any atom is 0.219 e. The van der Waals surface area contributed by atoms with Crippen molar-refractivity contribution in [2.75, 3.05) is 13.1 Å². The Morgan fingerprint density at radius 3 is 1.17 bits per heavy atom. The number of nitrogens with zero attached hydrogens (tertiary/aromatic N) is 1. The average Bonchev–Trinajstić information content (AvgIpc) is 2.54. The van der Waals surface area contributed by atoms with E-state index in [9.17, 15) is 4.79 Å². The summed E-state index contributed by atoms with van der Waals surface area (Å²) >= 11 is 0. The minimum atomic E-state index is 0.263. The highest BCUT2D eigenvalue weighted by Crippen LogP contribution is 2.10. The number of rotatable bonds is 17. The first kappa shape index (κ1) is 22.5. The average molecular weight is 326 g/mol. The van der Waals surface area contributed by atoms with Crippen LogP contribution >= 0.6 is 0 Å². The summed E-state index contributed by atoms with van der Waals surface area (Å²) in [5, 5.41) is 0. The van der Waals surface area contributed by atoms with Crippen molar-refractivity contribution in [1.82, 2.24) is 4.90 Å². The lowest BCUT2D eigenvalue weighted by molar-refractivity contribution is -0.129.